The van der Waals surface area contributed by atoms with Gasteiger partial charge >= 0.3 is 0 Å². The van der Waals surface area contributed by atoms with E-state index in [2.05, 4.69) is 22.5 Å². The predicted molar refractivity (Wildman–Crippen MR) is 91.9 cm³/mol. The summed E-state index contributed by atoms with van der Waals surface area (Å²) in [6, 6.07) is 0. The molecule has 0 bridgehead atoms. The summed E-state index contributed by atoms with van der Waals surface area (Å²) in [4.78, 5) is 4.56. The van der Waals surface area contributed by atoms with Crippen molar-refractivity contribution < 1.29 is 14.2 Å². The maximum Gasteiger partial charge on any atom is 0.191 e. The molecule has 2 aliphatic rings. The summed E-state index contributed by atoms with van der Waals surface area (Å²) in [6.45, 7) is 9.52. The van der Waals surface area contributed by atoms with Crippen LogP contribution in [0.4, 0.5) is 0 Å². The largest absolute Gasteiger partial charge is 0.381 e. The van der Waals surface area contributed by atoms with Gasteiger partial charge in [-0.1, -0.05) is 0 Å². The van der Waals surface area contributed by atoms with Crippen molar-refractivity contribution in [3.8, 4) is 0 Å². The number of hydrogen-bond acceptors (Lipinski definition) is 4. The van der Waals surface area contributed by atoms with Crippen LogP contribution in [0.25, 0.3) is 0 Å². The highest BCUT2D eigenvalue weighted by atomic mass is 16.5. The van der Waals surface area contributed by atoms with Gasteiger partial charge in [0.1, 0.15) is 0 Å². The van der Waals surface area contributed by atoms with Gasteiger partial charge in [-0.3, -0.25) is 4.99 Å². The highest BCUT2D eigenvalue weighted by molar-refractivity contribution is 5.79. The summed E-state index contributed by atoms with van der Waals surface area (Å²) < 4.78 is 16.6. The van der Waals surface area contributed by atoms with Gasteiger partial charge < -0.3 is 24.8 Å². The molecule has 2 rings (SSSR count). The van der Waals surface area contributed by atoms with E-state index in [1.54, 1.807) is 0 Å². The van der Waals surface area contributed by atoms with Crippen LogP contribution in [0.2, 0.25) is 0 Å². The molecule has 1 heterocycles. The molecule has 6 heteroatoms. The second kappa shape index (κ2) is 11.6. The minimum atomic E-state index is 0.591. The van der Waals surface area contributed by atoms with E-state index in [0.29, 0.717) is 5.92 Å². The van der Waals surface area contributed by atoms with Gasteiger partial charge in [-0.25, -0.2) is 0 Å². The molecule has 1 aliphatic carbocycles. The Morgan fingerprint density at radius 2 is 1.91 bits per heavy atom. The zero-order chi connectivity index (χ0) is 16.2. The van der Waals surface area contributed by atoms with E-state index in [1.165, 1.54) is 12.8 Å². The average Bonchev–Trinajstić information content (AvgIpc) is 3.23. The molecule has 1 saturated carbocycles. The van der Waals surface area contributed by atoms with Crippen molar-refractivity contribution in [2.45, 2.75) is 32.6 Å². The maximum atomic E-state index is 5.69. The molecule has 134 valence electrons. The third-order valence-electron chi connectivity index (χ3n) is 4.03. The smallest absolute Gasteiger partial charge is 0.191 e. The van der Waals surface area contributed by atoms with Crippen molar-refractivity contribution in [3.05, 3.63) is 0 Å². The highest BCUT2D eigenvalue weighted by Gasteiger charge is 2.20. The molecule has 0 radical (unpaired) electrons. The molecular weight excluding hydrogens is 294 g/mol. The van der Waals surface area contributed by atoms with Gasteiger partial charge in [0.2, 0.25) is 0 Å². The molecule has 1 atom stereocenters. The predicted octanol–water partition coefficient (Wildman–Crippen LogP) is 1.41. The molecule has 2 N–H and O–H groups in total. The lowest BCUT2D eigenvalue weighted by molar-refractivity contribution is 0.0893. The van der Waals surface area contributed by atoms with Crippen molar-refractivity contribution in [2.24, 2.45) is 16.8 Å². The zero-order valence-electron chi connectivity index (χ0n) is 14.5. The van der Waals surface area contributed by atoms with E-state index in [4.69, 9.17) is 14.2 Å². The second-order valence-electron chi connectivity index (χ2n) is 6.36. The second-order valence-corrected chi connectivity index (χ2v) is 6.36. The normalized spacial score (nSPS) is 21.6. The standard InChI is InChI=1S/C17H33N3O3/c1-2-18-17(20-8-11-23-12-15-4-5-15)19-7-3-9-21-13-16-6-10-22-14-16/h15-16H,2-14H2,1H3,(H2,18,19,20). The fourth-order valence-electron chi connectivity index (χ4n) is 2.44. The van der Waals surface area contributed by atoms with Crippen molar-refractivity contribution >= 4 is 5.96 Å². The molecule has 1 aliphatic heterocycles. The Balaban J connectivity index is 1.45. The molecule has 1 saturated heterocycles. The summed E-state index contributed by atoms with van der Waals surface area (Å²) in [5.41, 5.74) is 0. The number of nitrogens with zero attached hydrogens (tertiary/aromatic N) is 1. The zero-order valence-corrected chi connectivity index (χ0v) is 14.5. The van der Waals surface area contributed by atoms with Gasteiger partial charge in [0.25, 0.3) is 0 Å². The Kier molecular flexibility index (Phi) is 9.36. The van der Waals surface area contributed by atoms with Crippen LogP contribution in [0.5, 0.6) is 0 Å². The lowest BCUT2D eigenvalue weighted by Crippen LogP contribution is -2.39. The molecular formula is C17H33N3O3. The van der Waals surface area contributed by atoms with Gasteiger partial charge in [0.05, 0.1) is 19.8 Å². The van der Waals surface area contributed by atoms with Gasteiger partial charge in [0, 0.05) is 45.4 Å². The Morgan fingerprint density at radius 3 is 2.65 bits per heavy atom. The van der Waals surface area contributed by atoms with Crippen LogP contribution < -0.4 is 10.6 Å². The monoisotopic (exact) mass is 327 g/mol. The number of guanidine groups is 1. The summed E-state index contributed by atoms with van der Waals surface area (Å²) in [6.07, 6.45) is 4.76. The highest BCUT2D eigenvalue weighted by Crippen LogP contribution is 2.28. The quantitative estimate of drug-likeness (QED) is 0.322. The number of aliphatic imine (C=N–C) groups is 1. The van der Waals surface area contributed by atoms with Gasteiger partial charge in [-0.2, -0.15) is 0 Å². The fourth-order valence-corrected chi connectivity index (χ4v) is 2.44. The minimum absolute atomic E-state index is 0.591. The third kappa shape index (κ3) is 9.13. The van der Waals surface area contributed by atoms with Crippen LogP contribution in [0.15, 0.2) is 4.99 Å². The lowest BCUT2D eigenvalue weighted by Gasteiger charge is -2.12. The van der Waals surface area contributed by atoms with E-state index in [1.807, 2.05) is 0 Å². The molecule has 0 amide bonds. The van der Waals surface area contributed by atoms with E-state index in [-0.39, 0.29) is 0 Å². The van der Waals surface area contributed by atoms with E-state index >= 15 is 0 Å². The van der Waals surface area contributed by atoms with Crippen LogP contribution in [-0.4, -0.2) is 65.2 Å². The van der Waals surface area contributed by atoms with Crippen LogP contribution in [0.3, 0.4) is 0 Å². The summed E-state index contributed by atoms with van der Waals surface area (Å²) >= 11 is 0. The third-order valence-corrected chi connectivity index (χ3v) is 4.03. The van der Waals surface area contributed by atoms with Crippen LogP contribution in [0.1, 0.15) is 32.6 Å². The lowest BCUT2D eigenvalue weighted by atomic mass is 10.1. The van der Waals surface area contributed by atoms with Crippen LogP contribution >= 0.6 is 0 Å². The van der Waals surface area contributed by atoms with Crippen molar-refractivity contribution in [1.29, 1.82) is 0 Å². The summed E-state index contributed by atoms with van der Waals surface area (Å²) in [7, 11) is 0. The fraction of sp³-hybridized carbons (Fsp3) is 0.941. The van der Waals surface area contributed by atoms with Crippen molar-refractivity contribution in [3.63, 3.8) is 0 Å². The molecule has 1 unspecified atom stereocenters. The summed E-state index contributed by atoms with van der Waals surface area (Å²) in [5, 5.41) is 6.56. The maximum absolute atomic E-state index is 5.69. The molecule has 0 spiro atoms. The Bertz CT molecular complexity index is 329. The van der Waals surface area contributed by atoms with E-state index < -0.39 is 0 Å². The van der Waals surface area contributed by atoms with Crippen LogP contribution in [-0.2, 0) is 14.2 Å². The van der Waals surface area contributed by atoms with Gasteiger partial charge in [-0.05, 0) is 38.5 Å². The average molecular weight is 327 g/mol. The van der Waals surface area contributed by atoms with Gasteiger partial charge in [-0.15, -0.1) is 0 Å². The molecule has 6 nitrogen and oxygen atoms in total. The SMILES string of the molecule is CCNC(=NCCCOCC1CCOC1)NCCOCC1CC1. The van der Waals surface area contributed by atoms with Crippen LogP contribution in [0, 0.1) is 11.8 Å². The number of rotatable bonds is 12. The molecule has 0 aromatic heterocycles. The first-order chi connectivity index (χ1) is 11.4. The first-order valence-corrected chi connectivity index (χ1v) is 9.14. The van der Waals surface area contributed by atoms with Gasteiger partial charge in [0.15, 0.2) is 5.96 Å². The number of hydrogen-bond donors (Lipinski definition) is 2. The van der Waals surface area contributed by atoms with E-state index in [9.17, 15) is 0 Å². The Hall–Kier alpha value is -0.850. The molecule has 0 aromatic rings. The number of nitrogens with one attached hydrogen (secondary N) is 2. The first-order valence-electron chi connectivity index (χ1n) is 9.14. The molecule has 2 fully saturated rings. The van der Waals surface area contributed by atoms with Crippen molar-refractivity contribution in [2.75, 3.05) is 59.3 Å². The topological polar surface area (TPSA) is 64.1 Å². The van der Waals surface area contributed by atoms with E-state index in [0.717, 1.165) is 84.0 Å². The van der Waals surface area contributed by atoms with Crippen molar-refractivity contribution in [1.82, 2.24) is 10.6 Å². The molecule has 0 aromatic carbocycles. The Labute approximate surface area is 140 Å². The first kappa shape index (κ1) is 18.5. The molecule has 23 heavy (non-hydrogen) atoms. The summed E-state index contributed by atoms with van der Waals surface area (Å²) in [5.74, 6) is 2.28. The number of ether oxygens (including phenoxy) is 3. The Morgan fingerprint density at radius 1 is 1.09 bits per heavy atom. The minimum Gasteiger partial charge on any atom is -0.381 e.